The fourth-order valence-electron chi connectivity index (χ4n) is 2.44. The van der Waals surface area contributed by atoms with E-state index in [2.05, 4.69) is 62.0 Å². The Morgan fingerprint density at radius 3 is 1.78 bits per heavy atom. The zero-order valence-electron chi connectivity index (χ0n) is 18.1. The molecule has 4 heteroatoms. The number of nitrogens with zero attached hydrogens (tertiary/aromatic N) is 2. The van der Waals surface area contributed by atoms with Crippen LogP contribution >= 0.6 is 0 Å². The summed E-state index contributed by atoms with van der Waals surface area (Å²) in [6.45, 7) is 20.2. The zero-order chi connectivity index (χ0) is 20.0. The first-order valence-electron chi connectivity index (χ1n) is 9.66. The van der Waals surface area contributed by atoms with Gasteiger partial charge in [0.25, 0.3) is 5.91 Å². The van der Waals surface area contributed by atoms with Crippen molar-refractivity contribution in [2.24, 2.45) is 5.41 Å². The van der Waals surface area contributed by atoms with Gasteiger partial charge in [0.1, 0.15) is 0 Å². The van der Waals surface area contributed by atoms with Crippen LogP contribution < -0.4 is 5.32 Å². The normalized spacial score (nSPS) is 16.0. The Hall–Kier alpha value is -1.39. The first kappa shape index (κ1) is 25.6. The molecule has 0 radical (unpaired) electrons. The maximum atomic E-state index is 12.1. The summed E-state index contributed by atoms with van der Waals surface area (Å²) >= 11 is 0. The van der Waals surface area contributed by atoms with Crippen LogP contribution in [0.25, 0.3) is 0 Å². The van der Waals surface area contributed by atoms with Gasteiger partial charge in [0, 0.05) is 43.8 Å². The average molecular weight is 378 g/mol. The minimum Gasteiger partial charge on any atom is -0.347 e. The highest BCUT2D eigenvalue weighted by Gasteiger charge is 2.16. The van der Waals surface area contributed by atoms with Gasteiger partial charge in [-0.15, -0.1) is 0 Å². The van der Waals surface area contributed by atoms with E-state index < -0.39 is 0 Å². The maximum absolute atomic E-state index is 12.1. The Balaban J connectivity index is 0.00000100. The third kappa shape index (κ3) is 12.6. The highest BCUT2D eigenvalue weighted by molar-refractivity contribution is 5.94. The molecule has 1 saturated heterocycles. The summed E-state index contributed by atoms with van der Waals surface area (Å²) in [5.74, 6) is -0.00588. The number of carbonyl (C=O) groups excluding carboxylic acids is 1. The predicted molar refractivity (Wildman–Crippen MR) is 118 cm³/mol. The van der Waals surface area contributed by atoms with Crippen LogP contribution in [-0.4, -0.2) is 54.5 Å². The average Bonchev–Trinajstić information content (AvgIpc) is 2.47. The van der Waals surface area contributed by atoms with Crippen LogP contribution in [0.4, 0.5) is 0 Å². The van der Waals surface area contributed by atoms with Gasteiger partial charge in [-0.3, -0.25) is 9.69 Å². The van der Waals surface area contributed by atoms with E-state index in [1.54, 1.807) is 0 Å². The molecule has 1 aliphatic rings. The molecule has 0 spiro atoms. The van der Waals surface area contributed by atoms with Gasteiger partial charge < -0.3 is 10.2 Å². The molecule has 27 heavy (non-hydrogen) atoms. The fourth-order valence-corrected chi connectivity index (χ4v) is 2.44. The second kappa shape index (κ2) is 10.8. The molecule has 0 saturated carbocycles. The van der Waals surface area contributed by atoms with E-state index in [0.29, 0.717) is 5.41 Å². The Labute approximate surface area is 168 Å². The van der Waals surface area contributed by atoms with Gasteiger partial charge >= 0.3 is 0 Å². The van der Waals surface area contributed by atoms with Crippen LogP contribution in [0.2, 0.25) is 0 Å². The van der Waals surface area contributed by atoms with Crippen molar-refractivity contribution in [1.29, 1.82) is 0 Å². The lowest BCUT2D eigenvalue weighted by atomic mass is 10.0. The largest absolute Gasteiger partial charge is 0.347 e. The molecule has 1 amide bonds. The molecular formula is C23H43N3O. The number of piperazine rings is 1. The molecule has 0 unspecified atom stereocenters. The molecule has 0 bridgehead atoms. The third-order valence-electron chi connectivity index (χ3n) is 3.71. The summed E-state index contributed by atoms with van der Waals surface area (Å²) in [6, 6.07) is 7.98. The van der Waals surface area contributed by atoms with Crippen molar-refractivity contribution in [2.75, 3.05) is 33.2 Å². The molecular weight excluding hydrogens is 334 g/mol. The number of amides is 1. The second-order valence-corrected chi connectivity index (χ2v) is 9.98. The Bertz CT molecular complexity index is 538. The highest BCUT2D eigenvalue weighted by atomic mass is 16.1. The van der Waals surface area contributed by atoms with Crippen LogP contribution in [0.1, 0.15) is 71.8 Å². The first-order valence-corrected chi connectivity index (χ1v) is 9.66. The SMILES string of the molecule is C.CC(C)(C)C.CN1CCN(Cc2ccc(C(=O)NC(C)(C)C)cc2)CC1. The van der Waals surface area contributed by atoms with E-state index in [1.165, 1.54) is 5.56 Å². The monoisotopic (exact) mass is 377 g/mol. The number of nitrogens with one attached hydrogen (secondary N) is 1. The fraction of sp³-hybridized carbons (Fsp3) is 0.696. The minimum atomic E-state index is -0.199. The summed E-state index contributed by atoms with van der Waals surface area (Å²) in [5, 5.41) is 2.99. The van der Waals surface area contributed by atoms with Crippen LogP contribution in [0.3, 0.4) is 0 Å². The van der Waals surface area contributed by atoms with E-state index >= 15 is 0 Å². The zero-order valence-corrected chi connectivity index (χ0v) is 18.1. The molecule has 1 aromatic rings. The Kier molecular flexibility index (Phi) is 10.3. The minimum absolute atomic E-state index is 0. The van der Waals surface area contributed by atoms with Gasteiger partial charge in [-0.05, 0) is 50.9 Å². The molecule has 0 atom stereocenters. The number of rotatable bonds is 3. The van der Waals surface area contributed by atoms with Gasteiger partial charge in [-0.1, -0.05) is 47.3 Å². The van der Waals surface area contributed by atoms with Crippen molar-refractivity contribution in [2.45, 2.75) is 68.0 Å². The summed E-state index contributed by atoms with van der Waals surface area (Å²) in [7, 11) is 2.17. The Morgan fingerprint density at radius 1 is 0.926 bits per heavy atom. The van der Waals surface area contributed by atoms with E-state index in [0.717, 1.165) is 38.3 Å². The van der Waals surface area contributed by atoms with Crippen molar-refractivity contribution in [1.82, 2.24) is 15.1 Å². The standard InChI is InChI=1S/C17H27N3O.C5H12.CH4/c1-17(2,3)18-16(21)15-7-5-14(6-8-15)13-20-11-9-19(4)10-12-20;1-5(2,3)4;/h5-8H,9-13H2,1-4H3,(H,18,21);1-4H3;1H4. The molecule has 1 N–H and O–H groups in total. The summed E-state index contributed by atoms with van der Waals surface area (Å²) in [5.41, 5.74) is 2.30. The second-order valence-electron chi connectivity index (χ2n) is 9.98. The summed E-state index contributed by atoms with van der Waals surface area (Å²) in [4.78, 5) is 16.9. The van der Waals surface area contributed by atoms with Crippen LogP contribution in [0.15, 0.2) is 24.3 Å². The van der Waals surface area contributed by atoms with Crippen molar-refractivity contribution in [3.05, 3.63) is 35.4 Å². The lowest BCUT2D eigenvalue weighted by Gasteiger charge is -2.32. The van der Waals surface area contributed by atoms with Gasteiger partial charge in [0.15, 0.2) is 0 Å². The van der Waals surface area contributed by atoms with Crippen molar-refractivity contribution in [3.8, 4) is 0 Å². The van der Waals surface area contributed by atoms with Gasteiger partial charge in [-0.2, -0.15) is 0 Å². The predicted octanol–water partition coefficient (Wildman–Crippen LogP) is 4.65. The van der Waals surface area contributed by atoms with E-state index in [9.17, 15) is 4.79 Å². The molecule has 2 rings (SSSR count). The molecule has 4 nitrogen and oxygen atoms in total. The Morgan fingerprint density at radius 2 is 1.37 bits per heavy atom. The lowest BCUT2D eigenvalue weighted by molar-refractivity contribution is 0.0919. The molecule has 1 heterocycles. The quantitative estimate of drug-likeness (QED) is 0.833. The van der Waals surface area contributed by atoms with Crippen LogP contribution in [0.5, 0.6) is 0 Å². The summed E-state index contributed by atoms with van der Waals surface area (Å²) in [6.07, 6.45) is 0. The van der Waals surface area contributed by atoms with Gasteiger partial charge in [-0.25, -0.2) is 0 Å². The lowest BCUT2D eigenvalue weighted by Crippen LogP contribution is -2.43. The molecule has 1 aromatic carbocycles. The molecule has 1 aliphatic heterocycles. The number of hydrogen-bond acceptors (Lipinski definition) is 3. The smallest absolute Gasteiger partial charge is 0.251 e. The van der Waals surface area contributed by atoms with Crippen LogP contribution in [0, 0.1) is 5.41 Å². The number of carbonyl (C=O) groups is 1. The number of likely N-dealkylation sites (N-methyl/N-ethyl adjacent to an activating group) is 1. The molecule has 0 aromatic heterocycles. The first-order chi connectivity index (χ1) is 11.8. The summed E-state index contributed by atoms with van der Waals surface area (Å²) < 4.78 is 0. The van der Waals surface area contributed by atoms with E-state index in [4.69, 9.17) is 0 Å². The van der Waals surface area contributed by atoms with Crippen molar-refractivity contribution in [3.63, 3.8) is 0 Å². The number of hydrogen-bond donors (Lipinski definition) is 1. The van der Waals surface area contributed by atoms with E-state index in [1.807, 2.05) is 32.9 Å². The number of benzene rings is 1. The molecule has 1 fully saturated rings. The van der Waals surface area contributed by atoms with Crippen molar-refractivity contribution >= 4 is 5.91 Å². The van der Waals surface area contributed by atoms with Gasteiger partial charge in [0.05, 0.1) is 0 Å². The molecule has 156 valence electrons. The maximum Gasteiger partial charge on any atom is 0.251 e. The van der Waals surface area contributed by atoms with E-state index in [-0.39, 0.29) is 18.9 Å². The third-order valence-corrected chi connectivity index (χ3v) is 3.71. The van der Waals surface area contributed by atoms with Gasteiger partial charge in [0.2, 0.25) is 0 Å². The topological polar surface area (TPSA) is 35.6 Å². The molecule has 0 aliphatic carbocycles. The van der Waals surface area contributed by atoms with Crippen LogP contribution in [-0.2, 0) is 6.54 Å². The van der Waals surface area contributed by atoms with Crippen molar-refractivity contribution < 1.29 is 4.79 Å². The highest BCUT2D eigenvalue weighted by Crippen LogP contribution is 2.11.